The first-order valence-electron chi connectivity index (χ1n) is 7.02. The second-order valence-corrected chi connectivity index (χ2v) is 6.38. The van der Waals surface area contributed by atoms with Crippen LogP contribution in [0.25, 0.3) is 0 Å². The van der Waals surface area contributed by atoms with Crippen LogP contribution in [-0.2, 0) is 0 Å². The number of rotatable bonds is 5. The number of allylic oxidation sites excluding steroid dienone is 1. The van der Waals surface area contributed by atoms with Gasteiger partial charge in [0.15, 0.2) is 5.76 Å². The van der Waals surface area contributed by atoms with Crippen LogP contribution in [0.15, 0.2) is 59.7 Å². The molecule has 0 aliphatic rings. The average molecular weight is 384 g/mol. The highest BCUT2D eigenvalue weighted by Crippen LogP contribution is 2.26. The fourth-order valence-electron chi connectivity index (χ4n) is 1.65. The van der Waals surface area contributed by atoms with Gasteiger partial charge in [-0.05, 0) is 62.8 Å². The van der Waals surface area contributed by atoms with Gasteiger partial charge in [-0.2, -0.15) is 0 Å². The van der Waals surface area contributed by atoms with Gasteiger partial charge in [0, 0.05) is 15.5 Å². The zero-order chi connectivity index (χ0) is 18.1. The minimum absolute atomic E-state index is 0.0103. The summed E-state index contributed by atoms with van der Waals surface area (Å²) < 4.78 is 5.43. The van der Waals surface area contributed by atoms with Gasteiger partial charge in [-0.15, -0.1) is 11.8 Å². The number of carbonyl (C=O) groups excluding carboxylic acids is 1. The third-order valence-corrected chi connectivity index (χ3v) is 4.02. The van der Waals surface area contributed by atoms with Crippen molar-refractivity contribution in [2.24, 2.45) is 0 Å². The second kappa shape index (κ2) is 10.4. The lowest BCUT2D eigenvalue weighted by Gasteiger charge is -2.09. The number of Topliss-reactive ketones (excluding diaryl/α,β-unsaturated/α-hetero) is 1. The number of carbonyl (C=O) groups is 1. The van der Waals surface area contributed by atoms with Crippen LogP contribution in [0.5, 0.6) is 5.75 Å². The average Bonchev–Trinajstić information content (AvgIpc) is 2.57. The maximum Gasteiger partial charge on any atom is 0.229 e. The number of thioether (sulfide) groups is 1. The Morgan fingerprint density at radius 2 is 1.71 bits per heavy atom. The molecule has 0 heterocycles. The van der Waals surface area contributed by atoms with Crippen LogP contribution in [0.3, 0.4) is 0 Å². The van der Waals surface area contributed by atoms with E-state index in [0.717, 1.165) is 4.90 Å². The number of nitrogens with one attached hydrogen (secondary N) is 1. The van der Waals surface area contributed by atoms with Crippen molar-refractivity contribution in [2.75, 3.05) is 20.4 Å². The van der Waals surface area contributed by atoms with Gasteiger partial charge in [-0.25, -0.2) is 0 Å². The highest BCUT2D eigenvalue weighted by atomic mass is 35.5. The van der Waals surface area contributed by atoms with Gasteiger partial charge in [-0.1, -0.05) is 29.8 Å². The van der Waals surface area contributed by atoms with Crippen molar-refractivity contribution in [3.63, 3.8) is 0 Å². The first kappa shape index (κ1) is 20.6. The molecule has 3 nitrogen and oxygen atoms in total. The Kier molecular flexibility index (Phi) is 8.93. The lowest BCUT2D eigenvalue weighted by atomic mass is 10.1. The standard InChI is InChI=1S/C16H12Cl2O2S.C2H7N/c1-10(20-12-5-3-11(17)4-6-12)16(19)14-8-7-13(21-2)9-15(14)18;1-3-2/h3-9H,1H2,2H3;3H,1-2H3. The number of ketones is 1. The normalized spacial score (nSPS) is 9.71. The van der Waals surface area contributed by atoms with Crippen LogP contribution in [0.1, 0.15) is 10.4 Å². The maximum atomic E-state index is 12.3. The Morgan fingerprint density at radius 1 is 1.12 bits per heavy atom. The van der Waals surface area contributed by atoms with Gasteiger partial charge >= 0.3 is 0 Å². The highest BCUT2D eigenvalue weighted by molar-refractivity contribution is 7.98. The summed E-state index contributed by atoms with van der Waals surface area (Å²) in [5.74, 6) is 0.160. The summed E-state index contributed by atoms with van der Waals surface area (Å²) in [5, 5.41) is 3.72. The molecule has 0 bridgehead atoms. The predicted molar refractivity (Wildman–Crippen MR) is 104 cm³/mol. The summed E-state index contributed by atoms with van der Waals surface area (Å²) in [5.41, 5.74) is 0.369. The van der Waals surface area contributed by atoms with E-state index in [-0.39, 0.29) is 11.5 Å². The zero-order valence-corrected chi connectivity index (χ0v) is 16.1. The van der Waals surface area contributed by atoms with E-state index in [0.29, 0.717) is 21.4 Å². The first-order chi connectivity index (χ1) is 11.4. The van der Waals surface area contributed by atoms with Gasteiger partial charge in [0.2, 0.25) is 5.78 Å². The van der Waals surface area contributed by atoms with Gasteiger partial charge in [0.05, 0.1) is 5.02 Å². The number of halogens is 2. The predicted octanol–water partition coefficient (Wildman–Crippen LogP) is 5.33. The molecular formula is C18H19Cl2NO2S. The molecule has 1 N–H and O–H groups in total. The summed E-state index contributed by atoms with van der Waals surface area (Å²) >= 11 is 13.5. The molecule has 0 aliphatic carbocycles. The minimum atomic E-state index is -0.345. The summed E-state index contributed by atoms with van der Waals surface area (Å²) in [6.45, 7) is 3.66. The largest absolute Gasteiger partial charge is 0.454 e. The van der Waals surface area contributed by atoms with Crippen molar-refractivity contribution in [3.05, 3.63) is 70.4 Å². The number of ether oxygens (including phenoxy) is 1. The van der Waals surface area contributed by atoms with Gasteiger partial charge in [0.1, 0.15) is 5.75 Å². The molecule has 6 heteroatoms. The molecule has 2 rings (SSSR count). The molecule has 0 aliphatic heterocycles. The van der Waals surface area contributed by atoms with E-state index in [4.69, 9.17) is 27.9 Å². The van der Waals surface area contributed by atoms with E-state index in [1.165, 1.54) is 0 Å². The molecule has 0 atom stereocenters. The fourth-order valence-corrected chi connectivity index (χ4v) is 2.55. The van der Waals surface area contributed by atoms with E-state index in [1.54, 1.807) is 48.2 Å². The molecule has 0 unspecified atom stereocenters. The third kappa shape index (κ3) is 6.21. The third-order valence-electron chi connectivity index (χ3n) is 2.73. The first-order valence-corrected chi connectivity index (χ1v) is 9.00. The monoisotopic (exact) mass is 383 g/mol. The summed E-state index contributed by atoms with van der Waals surface area (Å²) in [4.78, 5) is 13.3. The Hall–Kier alpha value is -1.46. The molecule has 0 fully saturated rings. The van der Waals surface area contributed by atoms with Gasteiger partial charge < -0.3 is 10.1 Å². The van der Waals surface area contributed by atoms with Crippen LogP contribution in [0.2, 0.25) is 10.0 Å². The van der Waals surface area contributed by atoms with Crippen molar-refractivity contribution >= 4 is 40.7 Å². The molecule has 0 saturated heterocycles. The van der Waals surface area contributed by atoms with E-state index in [9.17, 15) is 4.79 Å². The van der Waals surface area contributed by atoms with Crippen LogP contribution >= 0.6 is 35.0 Å². The highest BCUT2D eigenvalue weighted by Gasteiger charge is 2.16. The second-order valence-electron chi connectivity index (χ2n) is 4.65. The molecule has 2 aromatic rings. The smallest absolute Gasteiger partial charge is 0.229 e. The van der Waals surface area contributed by atoms with Crippen LogP contribution < -0.4 is 10.1 Å². The van der Waals surface area contributed by atoms with Crippen molar-refractivity contribution in [3.8, 4) is 5.75 Å². The molecule has 2 aromatic carbocycles. The molecule has 128 valence electrons. The Labute approximate surface area is 157 Å². The molecule has 24 heavy (non-hydrogen) atoms. The number of hydrogen-bond donors (Lipinski definition) is 1. The van der Waals surface area contributed by atoms with Gasteiger partial charge in [0.25, 0.3) is 0 Å². The Morgan fingerprint density at radius 3 is 2.21 bits per heavy atom. The van der Waals surface area contributed by atoms with Crippen molar-refractivity contribution in [1.82, 2.24) is 5.32 Å². The number of benzene rings is 2. The molecule has 0 aromatic heterocycles. The van der Waals surface area contributed by atoms with Crippen molar-refractivity contribution in [2.45, 2.75) is 4.90 Å². The van der Waals surface area contributed by atoms with E-state index in [2.05, 4.69) is 11.9 Å². The van der Waals surface area contributed by atoms with Crippen LogP contribution in [0.4, 0.5) is 0 Å². The van der Waals surface area contributed by atoms with E-state index in [1.807, 2.05) is 26.4 Å². The van der Waals surface area contributed by atoms with E-state index >= 15 is 0 Å². The number of hydrogen-bond acceptors (Lipinski definition) is 4. The summed E-state index contributed by atoms with van der Waals surface area (Å²) in [6.07, 6.45) is 1.94. The fraction of sp³-hybridized carbons (Fsp3) is 0.167. The van der Waals surface area contributed by atoms with Gasteiger partial charge in [-0.3, -0.25) is 4.79 Å². The van der Waals surface area contributed by atoms with E-state index < -0.39 is 0 Å². The Balaban J connectivity index is 0.000000891. The summed E-state index contributed by atoms with van der Waals surface area (Å²) in [6, 6.07) is 11.9. The minimum Gasteiger partial charge on any atom is -0.454 e. The zero-order valence-electron chi connectivity index (χ0n) is 13.7. The maximum absolute atomic E-state index is 12.3. The van der Waals surface area contributed by atoms with Crippen molar-refractivity contribution in [1.29, 1.82) is 0 Å². The lowest BCUT2D eigenvalue weighted by Crippen LogP contribution is -2.09. The lowest BCUT2D eigenvalue weighted by molar-refractivity contribution is 0.0987. The topological polar surface area (TPSA) is 38.3 Å². The SMILES string of the molecule is C=C(Oc1ccc(Cl)cc1)C(=O)c1ccc(SC)cc1Cl.CNC. The molecule has 0 radical (unpaired) electrons. The molecule has 0 saturated carbocycles. The van der Waals surface area contributed by atoms with Crippen LogP contribution in [-0.4, -0.2) is 26.1 Å². The molecule has 0 amide bonds. The molecule has 0 spiro atoms. The Bertz CT molecular complexity index is 703. The van der Waals surface area contributed by atoms with Crippen LogP contribution in [0, 0.1) is 0 Å². The molecular weight excluding hydrogens is 365 g/mol. The van der Waals surface area contributed by atoms with Crippen molar-refractivity contribution < 1.29 is 9.53 Å². The quantitative estimate of drug-likeness (QED) is 0.327. The summed E-state index contributed by atoms with van der Waals surface area (Å²) in [7, 11) is 3.75.